The molecule has 0 amide bonds. The number of hydrogen-bond donors (Lipinski definition) is 1. The molecule has 1 N–H and O–H groups in total. The molecular formula is C3H2F8NO4S2-. The van der Waals surface area contributed by atoms with E-state index in [1.165, 1.54) is 0 Å². The molecule has 0 aliphatic rings. The first-order valence-electron chi connectivity index (χ1n) is 3.14. The third-order valence-electron chi connectivity index (χ3n) is 0.730. The minimum atomic E-state index is -5.76. The van der Waals surface area contributed by atoms with Gasteiger partial charge in [-0.25, -0.2) is 17.2 Å². The van der Waals surface area contributed by atoms with Crippen LogP contribution in [0.15, 0.2) is 0 Å². The van der Waals surface area contributed by atoms with Crippen LogP contribution in [0.25, 0.3) is 0 Å². The summed E-state index contributed by atoms with van der Waals surface area (Å²) in [5, 5.41) is 0. The number of hydrogen-bond acceptors (Lipinski definition) is 4. The monoisotopic (exact) mass is 332 g/mol. The molecule has 0 fully saturated rings. The molecule has 0 aromatic rings. The molecule has 0 saturated carbocycles. The van der Waals surface area contributed by atoms with Gasteiger partial charge in [0.1, 0.15) is 0 Å². The van der Waals surface area contributed by atoms with Crippen molar-refractivity contribution in [3.8, 4) is 0 Å². The molecule has 1 unspecified atom stereocenters. The second kappa shape index (κ2) is 6.58. The largest absolute Gasteiger partial charge is 0.759 e. The Morgan fingerprint density at radius 3 is 1.39 bits per heavy atom. The van der Waals surface area contributed by atoms with E-state index < -0.39 is 39.4 Å². The summed E-state index contributed by atoms with van der Waals surface area (Å²) in [4.78, 5) is 0. The highest BCUT2D eigenvalue weighted by Crippen LogP contribution is 2.23. The average Bonchev–Trinajstić information content (AvgIpc) is 1.97. The summed E-state index contributed by atoms with van der Waals surface area (Å²) in [7, 11) is -5.76. The molecule has 0 rings (SSSR count). The van der Waals surface area contributed by atoms with Crippen LogP contribution in [-0.4, -0.2) is 35.3 Å². The minimum absolute atomic E-state index is 0.323. The van der Waals surface area contributed by atoms with E-state index in [0.717, 1.165) is 0 Å². The van der Waals surface area contributed by atoms with Crippen LogP contribution in [0.2, 0.25) is 0 Å². The summed E-state index contributed by atoms with van der Waals surface area (Å²) in [6, 6.07) is 0. The molecular weight excluding hydrogens is 330 g/mol. The molecule has 0 aromatic heterocycles. The molecule has 5 nitrogen and oxygen atoms in total. The van der Waals surface area contributed by atoms with E-state index in [9.17, 15) is 52.3 Å². The molecule has 0 saturated heterocycles. The topological polar surface area (TPSA) is 86.3 Å². The Bertz CT molecular complexity index is 371. The van der Waals surface area contributed by atoms with Crippen molar-refractivity contribution < 1.29 is 52.3 Å². The third kappa shape index (κ3) is 8.54. The predicted molar refractivity (Wildman–Crippen MR) is 39.1 cm³/mol. The van der Waals surface area contributed by atoms with E-state index in [1.807, 2.05) is 0 Å². The van der Waals surface area contributed by atoms with Crippen LogP contribution >= 0.6 is 0 Å². The van der Waals surface area contributed by atoms with Gasteiger partial charge in [-0.1, -0.05) is 0 Å². The van der Waals surface area contributed by atoms with Crippen LogP contribution in [0.4, 0.5) is 35.1 Å². The van der Waals surface area contributed by atoms with E-state index in [1.54, 1.807) is 0 Å². The van der Waals surface area contributed by atoms with Gasteiger partial charge in [-0.2, -0.15) is 26.3 Å². The molecule has 0 radical (unpaired) electrons. The van der Waals surface area contributed by atoms with Gasteiger partial charge in [0.2, 0.25) is 0 Å². The Hall–Kier alpha value is -0.540. The Labute approximate surface area is 96.6 Å². The van der Waals surface area contributed by atoms with E-state index in [0.29, 0.717) is 4.13 Å². The molecule has 0 aliphatic carbocycles. The van der Waals surface area contributed by atoms with Crippen LogP contribution in [0, 0.1) is 0 Å². The molecule has 0 heterocycles. The second-order valence-electron chi connectivity index (χ2n) is 2.11. The van der Waals surface area contributed by atoms with Gasteiger partial charge in [-0.05, 0) is 0 Å². The highest BCUT2D eigenvalue weighted by molar-refractivity contribution is 8.00. The highest BCUT2D eigenvalue weighted by atomic mass is 32.3. The van der Waals surface area contributed by atoms with E-state index in [2.05, 4.69) is 0 Å². The minimum Gasteiger partial charge on any atom is -0.759 e. The van der Waals surface area contributed by atoms with Crippen molar-refractivity contribution in [1.29, 1.82) is 0 Å². The zero-order valence-corrected chi connectivity index (χ0v) is 9.18. The molecule has 0 aliphatic heterocycles. The van der Waals surface area contributed by atoms with Gasteiger partial charge < -0.3 is 4.55 Å². The average molecular weight is 332 g/mol. The van der Waals surface area contributed by atoms with Crippen molar-refractivity contribution in [1.82, 2.24) is 4.13 Å². The molecule has 0 spiro atoms. The fourth-order valence-electron chi connectivity index (χ4n) is 0.137. The van der Waals surface area contributed by atoms with Crippen molar-refractivity contribution in [3.05, 3.63) is 0 Å². The number of nitrogens with one attached hydrogen (secondary N) is 1. The van der Waals surface area contributed by atoms with Crippen molar-refractivity contribution in [2.45, 2.75) is 18.1 Å². The maximum Gasteiger partial charge on any atom is 0.512 e. The zero-order valence-electron chi connectivity index (χ0n) is 7.55. The van der Waals surface area contributed by atoms with Crippen molar-refractivity contribution in [3.63, 3.8) is 0 Å². The Morgan fingerprint density at radius 2 is 1.33 bits per heavy atom. The van der Waals surface area contributed by atoms with Crippen molar-refractivity contribution >= 4 is 21.3 Å². The van der Waals surface area contributed by atoms with Gasteiger partial charge in [0.15, 0.2) is 0 Å². The highest BCUT2D eigenvalue weighted by Gasteiger charge is 2.46. The lowest BCUT2D eigenvalue weighted by atomic mass is 10.7. The summed E-state index contributed by atoms with van der Waals surface area (Å²) in [6.07, 6.45) is -9.53. The lowest BCUT2D eigenvalue weighted by Crippen LogP contribution is -2.37. The predicted octanol–water partition coefficient (Wildman–Crippen LogP) is 1.03. The summed E-state index contributed by atoms with van der Waals surface area (Å²) >= 11 is -3.49. The summed E-state index contributed by atoms with van der Waals surface area (Å²) in [6.45, 7) is 0. The molecule has 1 atom stereocenters. The Kier molecular flexibility index (Phi) is 7.23. The van der Waals surface area contributed by atoms with E-state index in [-0.39, 0.29) is 0 Å². The number of halogens is 8. The fraction of sp³-hybridized carbons (Fsp3) is 1.00. The molecule has 0 aromatic carbocycles. The van der Waals surface area contributed by atoms with Gasteiger partial charge in [0.05, 0.1) is 0 Å². The standard InChI is InChI=1S/C2HF5.CH2F3NO4S2/c3-1(4)2(5,6)7;2-1(3,4)11(8,9)5-10(6)7/h1H;5H,(H,6,7)/p-1. The van der Waals surface area contributed by atoms with Crippen LogP contribution in [-0.2, 0) is 21.3 Å². The van der Waals surface area contributed by atoms with Gasteiger partial charge in [-0.3, -0.25) is 4.21 Å². The first-order chi connectivity index (χ1) is 7.61. The lowest BCUT2D eigenvalue weighted by molar-refractivity contribution is -0.219. The molecule has 0 bridgehead atoms. The fourth-order valence-corrected chi connectivity index (χ4v) is 1.23. The Morgan fingerprint density at radius 1 is 1.06 bits per heavy atom. The lowest BCUT2D eigenvalue weighted by Gasteiger charge is -2.09. The maximum atomic E-state index is 11.3. The first kappa shape index (κ1) is 19.8. The maximum absolute atomic E-state index is 11.3. The molecule has 18 heavy (non-hydrogen) atoms. The zero-order chi connectivity index (χ0) is 15.4. The number of alkyl halides is 8. The van der Waals surface area contributed by atoms with Crippen molar-refractivity contribution in [2.75, 3.05) is 0 Å². The quantitative estimate of drug-likeness (QED) is 0.605. The first-order valence-corrected chi connectivity index (χ1v) is 5.70. The second-order valence-corrected chi connectivity index (χ2v) is 4.72. The smallest absolute Gasteiger partial charge is 0.512 e. The van der Waals surface area contributed by atoms with Gasteiger partial charge in [0.25, 0.3) is 0 Å². The van der Waals surface area contributed by atoms with Crippen LogP contribution < -0.4 is 4.13 Å². The Balaban J connectivity index is 0. The summed E-state index contributed by atoms with van der Waals surface area (Å²) in [5.74, 6) is 0. The van der Waals surface area contributed by atoms with Crippen LogP contribution in [0.5, 0.6) is 0 Å². The molecule has 15 heteroatoms. The SMILES string of the molecule is FC(F)C(F)(F)F.O=S([O-])NS(=O)(=O)C(F)(F)F. The van der Waals surface area contributed by atoms with E-state index >= 15 is 0 Å². The summed E-state index contributed by atoms with van der Waals surface area (Å²) in [5.41, 5.74) is -5.60. The molecule has 112 valence electrons. The van der Waals surface area contributed by atoms with E-state index in [4.69, 9.17) is 0 Å². The number of rotatable bonds is 2. The summed E-state index contributed by atoms with van der Waals surface area (Å²) < 4.78 is 125. The van der Waals surface area contributed by atoms with Crippen molar-refractivity contribution in [2.24, 2.45) is 0 Å². The normalized spacial score (nSPS) is 15.0. The van der Waals surface area contributed by atoms with Gasteiger partial charge >= 0.3 is 28.1 Å². The van der Waals surface area contributed by atoms with Crippen LogP contribution in [0.1, 0.15) is 0 Å². The van der Waals surface area contributed by atoms with Crippen LogP contribution in [0.3, 0.4) is 0 Å². The van der Waals surface area contributed by atoms with Gasteiger partial charge in [-0.15, -0.1) is 4.13 Å². The number of sulfonamides is 1. The van der Waals surface area contributed by atoms with Gasteiger partial charge in [0, 0.05) is 11.3 Å². The third-order valence-corrected chi connectivity index (χ3v) is 2.76.